The van der Waals surface area contributed by atoms with E-state index in [1.54, 1.807) is 0 Å². The van der Waals surface area contributed by atoms with E-state index in [0.717, 1.165) is 33.3 Å². The maximum Gasteiger partial charge on any atom is 0.168 e. The minimum atomic E-state index is 0.317. The lowest BCUT2D eigenvalue weighted by atomic mass is 9.96. The largest absolute Gasteiger partial charge is 0.350 e. The SMILES string of the molecule is Cn1cc(C(=O)C2C3C4CCC(C4)C23)c2ccc(Cl)cc21. The maximum absolute atomic E-state index is 13.0. The van der Waals surface area contributed by atoms with Crippen molar-refractivity contribution in [2.75, 3.05) is 0 Å². The molecule has 0 radical (unpaired) electrons. The summed E-state index contributed by atoms with van der Waals surface area (Å²) >= 11 is 6.08. The van der Waals surface area contributed by atoms with Crippen LogP contribution in [0.4, 0.5) is 0 Å². The van der Waals surface area contributed by atoms with Crippen molar-refractivity contribution >= 4 is 28.3 Å². The highest BCUT2D eigenvalue weighted by molar-refractivity contribution is 6.31. The number of carbonyl (C=O) groups is 1. The second-order valence-corrected chi connectivity index (χ2v) is 7.63. The van der Waals surface area contributed by atoms with E-state index in [-0.39, 0.29) is 0 Å². The van der Waals surface area contributed by atoms with Gasteiger partial charge in [0.15, 0.2) is 5.78 Å². The van der Waals surface area contributed by atoms with Crippen LogP contribution in [0.25, 0.3) is 10.9 Å². The number of carbonyl (C=O) groups excluding carboxylic acids is 1. The number of hydrogen-bond acceptors (Lipinski definition) is 1. The summed E-state index contributed by atoms with van der Waals surface area (Å²) in [5, 5.41) is 1.79. The number of hydrogen-bond donors (Lipinski definition) is 0. The molecule has 2 bridgehead atoms. The summed E-state index contributed by atoms with van der Waals surface area (Å²) in [5.74, 6) is 3.81. The summed E-state index contributed by atoms with van der Waals surface area (Å²) in [6.07, 6.45) is 6.12. The van der Waals surface area contributed by atoms with E-state index in [1.807, 2.05) is 36.0 Å². The van der Waals surface area contributed by atoms with Crippen LogP contribution in [0.3, 0.4) is 0 Å². The number of ketones is 1. The molecule has 0 saturated heterocycles. The quantitative estimate of drug-likeness (QED) is 0.758. The van der Waals surface area contributed by atoms with Crippen molar-refractivity contribution in [2.24, 2.45) is 36.6 Å². The molecule has 5 rings (SSSR count). The van der Waals surface area contributed by atoms with Crippen molar-refractivity contribution in [3.63, 3.8) is 0 Å². The highest BCUT2D eigenvalue weighted by atomic mass is 35.5. The number of aryl methyl sites for hydroxylation is 1. The van der Waals surface area contributed by atoms with E-state index in [0.29, 0.717) is 23.5 Å². The van der Waals surface area contributed by atoms with E-state index < -0.39 is 0 Å². The monoisotopic (exact) mass is 299 g/mol. The number of nitrogens with zero attached hydrogens (tertiary/aromatic N) is 1. The Bertz CT molecular complexity index is 761. The molecule has 3 heteroatoms. The molecular weight excluding hydrogens is 282 g/mol. The van der Waals surface area contributed by atoms with Gasteiger partial charge in [-0.05, 0) is 55.1 Å². The van der Waals surface area contributed by atoms with E-state index >= 15 is 0 Å². The van der Waals surface area contributed by atoms with Gasteiger partial charge in [-0.25, -0.2) is 0 Å². The topological polar surface area (TPSA) is 22.0 Å². The van der Waals surface area contributed by atoms with Crippen molar-refractivity contribution in [1.82, 2.24) is 4.57 Å². The molecule has 3 aliphatic carbocycles. The van der Waals surface area contributed by atoms with Crippen LogP contribution in [0.15, 0.2) is 24.4 Å². The van der Waals surface area contributed by atoms with Crippen molar-refractivity contribution < 1.29 is 4.79 Å². The molecule has 1 aromatic carbocycles. The first kappa shape index (κ1) is 12.3. The predicted molar refractivity (Wildman–Crippen MR) is 83.6 cm³/mol. The summed E-state index contributed by atoms with van der Waals surface area (Å²) in [7, 11) is 1.99. The minimum absolute atomic E-state index is 0.317. The molecule has 0 N–H and O–H groups in total. The van der Waals surface area contributed by atoms with Gasteiger partial charge in [0.05, 0.1) is 0 Å². The Morgan fingerprint density at radius 1 is 1.24 bits per heavy atom. The highest BCUT2D eigenvalue weighted by Gasteiger charge is 2.67. The van der Waals surface area contributed by atoms with Gasteiger partial charge in [0, 0.05) is 40.7 Å². The van der Waals surface area contributed by atoms with Crippen molar-refractivity contribution in [3.05, 3.63) is 35.0 Å². The fourth-order valence-electron chi connectivity index (χ4n) is 5.41. The number of aromatic nitrogens is 1. The normalized spacial score (nSPS) is 36.2. The van der Waals surface area contributed by atoms with E-state index in [2.05, 4.69) is 0 Å². The number of rotatable bonds is 2. The van der Waals surface area contributed by atoms with Crippen molar-refractivity contribution in [2.45, 2.75) is 19.3 Å². The second-order valence-electron chi connectivity index (χ2n) is 7.19. The van der Waals surface area contributed by atoms with Crippen LogP contribution in [0, 0.1) is 29.6 Å². The Kier molecular flexibility index (Phi) is 2.29. The molecule has 0 spiro atoms. The van der Waals surface area contributed by atoms with Crippen LogP contribution in [-0.4, -0.2) is 10.4 Å². The third kappa shape index (κ3) is 1.52. The van der Waals surface area contributed by atoms with Gasteiger partial charge in [-0.3, -0.25) is 4.79 Å². The summed E-state index contributed by atoms with van der Waals surface area (Å²) < 4.78 is 2.03. The fourth-order valence-corrected chi connectivity index (χ4v) is 5.57. The molecular formula is C18H18ClNO. The molecule has 21 heavy (non-hydrogen) atoms. The van der Waals surface area contributed by atoms with Gasteiger partial charge >= 0.3 is 0 Å². The predicted octanol–water partition coefficient (Wildman–Crippen LogP) is 4.31. The van der Waals surface area contributed by atoms with Crippen LogP contribution in [0.2, 0.25) is 5.02 Å². The lowest BCUT2D eigenvalue weighted by Gasteiger charge is -2.07. The number of benzene rings is 1. The first-order valence-corrected chi connectivity index (χ1v) is 8.32. The summed E-state index contributed by atoms with van der Waals surface area (Å²) in [5.41, 5.74) is 1.96. The molecule has 4 unspecified atom stereocenters. The highest BCUT2D eigenvalue weighted by Crippen LogP contribution is 2.70. The Morgan fingerprint density at radius 2 is 1.95 bits per heavy atom. The van der Waals surface area contributed by atoms with Gasteiger partial charge < -0.3 is 4.57 Å². The van der Waals surface area contributed by atoms with E-state index in [1.165, 1.54) is 19.3 Å². The van der Waals surface area contributed by atoms with Gasteiger partial charge in [0.1, 0.15) is 0 Å². The van der Waals surface area contributed by atoms with Gasteiger partial charge in [0.25, 0.3) is 0 Å². The molecule has 3 aliphatic rings. The van der Waals surface area contributed by atoms with E-state index in [4.69, 9.17) is 11.6 Å². The van der Waals surface area contributed by atoms with Crippen molar-refractivity contribution in [3.8, 4) is 0 Å². The first-order chi connectivity index (χ1) is 10.1. The van der Waals surface area contributed by atoms with Gasteiger partial charge in [-0.2, -0.15) is 0 Å². The molecule has 3 saturated carbocycles. The summed E-state index contributed by atoms with van der Waals surface area (Å²) in [6.45, 7) is 0. The van der Waals surface area contributed by atoms with Crippen LogP contribution < -0.4 is 0 Å². The molecule has 0 aliphatic heterocycles. The number of halogens is 1. The van der Waals surface area contributed by atoms with E-state index in [9.17, 15) is 4.79 Å². The molecule has 1 aromatic heterocycles. The number of Topliss-reactive ketones (excluding diaryl/α,β-unsaturated/α-hetero) is 1. The standard InChI is InChI=1S/C18H18ClNO/c1-20-8-13(12-5-4-11(19)7-14(12)20)18(21)17-15-9-2-3-10(6-9)16(15)17/h4-5,7-10,15-17H,2-3,6H2,1H3. The first-order valence-electron chi connectivity index (χ1n) is 7.94. The lowest BCUT2D eigenvalue weighted by Crippen LogP contribution is -2.09. The third-order valence-electron chi connectivity index (χ3n) is 6.26. The Morgan fingerprint density at radius 3 is 2.67 bits per heavy atom. The molecule has 3 fully saturated rings. The average molecular weight is 300 g/mol. The fraction of sp³-hybridized carbons (Fsp3) is 0.500. The molecule has 4 atom stereocenters. The number of fused-ring (bicyclic) bond motifs is 6. The molecule has 0 amide bonds. The molecule has 2 nitrogen and oxygen atoms in total. The van der Waals surface area contributed by atoms with Gasteiger partial charge in [0.2, 0.25) is 0 Å². The molecule has 1 heterocycles. The summed E-state index contributed by atoms with van der Waals surface area (Å²) in [4.78, 5) is 13.0. The third-order valence-corrected chi connectivity index (χ3v) is 6.49. The zero-order valence-electron chi connectivity index (χ0n) is 12.1. The Hall–Kier alpha value is -1.28. The second kappa shape index (κ2) is 3.92. The molecule has 2 aromatic rings. The smallest absolute Gasteiger partial charge is 0.168 e. The van der Waals surface area contributed by atoms with Crippen LogP contribution in [0.5, 0.6) is 0 Å². The maximum atomic E-state index is 13.0. The Labute approximate surface area is 129 Å². The zero-order valence-corrected chi connectivity index (χ0v) is 12.8. The molecule has 108 valence electrons. The Balaban J connectivity index is 1.55. The average Bonchev–Trinajstić information content (AvgIpc) is 2.78. The van der Waals surface area contributed by atoms with Crippen LogP contribution >= 0.6 is 11.6 Å². The minimum Gasteiger partial charge on any atom is -0.350 e. The van der Waals surface area contributed by atoms with Gasteiger partial charge in [-0.1, -0.05) is 17.7 Å². The van der Waals surface area contributed by atoms with Crippen LogP contribution in [-0.2, 0) is 7.05 Å². The lowest BCUT2D eigenvalue weighted by molar-refractivity contribution is 0.0946. The zero-order chi connectivity index (χ0) is 14.3. The van der Waals surface area contributed by atoms with Gasteiger partial charge in [-0.15, -0.1) is 0 Å². The summed E-state index contributed by atoms with van der Waals surface area (Å²) in [6, 6.07) is 5.83. The van der Waals surface area contributed by atoms with Crippen LogP contribution in [0.1, 0.15) is 29.6 Å². The van der Waals surface area contributed by atoms with Crippen molar-refractivity contribution in [1.29, 1.82) is 0 Å².